The van der Waals surface area contributed by atoms with Crippen LogP contribution in [0.3, 0.4) is 0 Å². The number of benzene rings is 2. The minimum absolute atomic E-state index is 0. The average molecular weight is 574 g/mol. The molecule has 0 unspecified atom stereocenters. The maximum Gasteiger partial charge on any atom is 0.312 e. The van der Waals surface area contributed by atoms with Gasteiger partial charge in [0.25, 0.3) is 0 Å². The SMILES string of the molecule is C.CC.CC.CCCCC[C@@H](C)C(=O)NCCC(=O)Oc1ccc2c(c1)CCCc1cc(OC)c(OC)c(OC)c1-2. The molecule has 1 amide bonds. The number of esters is 1. The largest absolute Gasteiger partial charge is 0.493 e. The lowest BCUT2D eigenvalue weighted by Gasteiger charge is -2.20. The first-order valence-electron chi connectivity index (χ1n) is 14.9. The Morgan fingerprint density at radius 3 is 2.17 bits per heavy atom. The molecule has 2 aromatic carbocycles. The molecule has 1 atom stereocenters. The molecule has 232 valence electrons. The highest BCUT2D eigenvalue weighted by atomic mass is 16.5. The Bertz CT molecular complexity index is 1070. The number of nitrogens with one attached hydrogen (secondary N) is 1. The van der Waals surface area contributed by atoms with Crippen LogP contribution in [0.4, 0.5) is 0 Å². The predicted octanol–water partition coefficient (Wildman–Crippen LogP) is 8.18. The summed E-state index contributed by atoms with van der Waals surface area (Å²) in [4.78, 5) is 24.7. The molecule has 2 aromatic rings. The zero-order valence-electron chi connectivity index (χ0n) is 26.2. The second-order valence-corrected chi connectivity index (χ2v) is 9.26. The number of hydrogen-bond acceptors (Lipinski definition) is 6. The van der Waals surface area contributed by atoms with Gasteiger partial charge in [0.1, 0.15) is 5.75 Å². The number of ether oxygens (including phenoxy) is 4. The van der Waals surface area contributed by atoms with Crippen molar-refractivity contribution in [2.75, 3.05) is 27.9 Å². The number of fused-ring (bicyclic) bond motifs is 3. The van der Waals surface area contributed by atoms with Crippen molar-refractivity contribution in [1.29, 1.82) is 0 Å². The zero-order valence-corrected chi connectivity index (χ0v) is 26.2. The topological polar surface area (TPSA) is 83.1 Å². The van der Waals surface area contributed by atoms with E-state index in [-0.39, 0.29) is 38.2 Å². The molecule has 0 fully saturated rings. The Morgan fingerprint density at radius 2 is 1.56 bits per heavy atom. The maximum atomic E-state index is 12.4. The summed E-state index contributed by atoms with van der Waals surface area (Å²) in [5.41, 5.74) is 4.23. The number of unbranched alkanes of at least 4 members (excludes halogenated alkanes) is 2. The quantitative estimate of drug-likeness (QED) is 0.157. The summed E-state index contributed by atoms with van der Waals surface area (Å²) in [6, 6.07) is 7.71. The van der Waals surface area contributed by atoms with Crippen LogP contribution in [-0.4, -0.2) is 39.8 Å². The van der Waals surface area contributed by atoms with Gasteiger partial charge in [-0.25, -0.2) is 0 Å². The zero-order chi connectivity index (χ0) is 30.1. The van der Waals surface area contributed by atoms with Crippen molar-refractivity contribution >= 4 is 11.9 Å². The molecule has 0 bridgehead atoms. The lowest BCUT2D eigenvalue weighted by atomic mass is 9.94. The summed E-state index contributed by atoms with van der Waals surface area (Å²) in [6.45, 7) is 12.3. The summed E-state index contributed by atoms with van der Waals surface area (Å²) in [6.07, 6.45) is 6.95. The van der Waals surface area contributed by atoms with Gasteiger partial charge in [0.2, 0.25) is 11.7 Å². The molecule has 7 nitrogen and oxygen atoms in total. The molecule has 1 aliphatic carbocycles. The Kier molecular flexibility index (Phi) is 19.0. The Labute approximate surface area is 249 Å². The third-order valence-electron chi connectivity index (χ3n) is 6.70. The van der Waals surface area contributed by atoms with Crippen LogP contribution in [0.5, 0.6) is 23.0 Å². The summed E-state index contributed by atoms with van der Waals surface area (Å²) >= 11 is 0. The molecular formula is C34H55NO6. The van der Waals surface area contributed by atoms with Crippen LogP contribution in [0, 0.1) is 5.92 Å². The number of carbonyl (C=O) groups is 2. The first-order chi connectivity index (χ1) is 19.4. The highest BCUT2D eigenvalue weighted by molar-refractivity contribution is 5.83. The fraction of sp³-hybridized carbons (Fsp3) is 0.588. The molecule has 41 heavy (non-hydrogen) atoms. The minimum Gasteiger partial charge on any atom is -0.493 e. The third-order valence-corrected chi connectivity index (χ3v) is 6.70. The molecule has 0 aromatic heterocycles. The second kappa shape index (κ2) is 20.6. The molecular weight excluding hydrogens is 518 g/mol. The van der Waals surface area contributed by atoms with Crippen LogP contribution < -0.4 is 24.3 Å². The minimum atomic E-state index is -0.369. The monoisotopic (exact) mass is 573 g/mol. The van der Waals surface area contributed by atoms with Crippen molar-refractivity contribution in [3.8, 4) is 34.1 Å². The molecule has 0 heterocycles. The van der Waals surface area contributed by atoms with E-state index in [9.17, 15) is 9.59 Å². The summed E-state index contributed by atoms with van der Waals surface area (Å²) in [7, 11) is 4.85. The van der Waals surface area contributed by atoms with Crippen LogP contribution in [-0.2, 0) is 22.4 Å². The lowest BCUT2D eigenvalue weighted by molar-refractivity contribution is -0.134. The van der Waals surface area contributed by atoms with Gasteiger partial charge in [-0.05, 0) is 60.6 Å². The Morgan fingerprint density at radius 1 is 0.902 bits per heavy atom. The van der Waals surface area contributed by atoms with E-state index in [0.29, 0.717) is 23.0 Å². The molecule has 0 saturated heterocycles. The van der Waals surface area contributed by atoms with Gasteiger partial charge in [0.05, 0.1) is 27.8 Å². The molecule has 0 aliphatic heterocycles. The molecule has 3 rings (SSSR count). The van der Waals surface area contributed by atoms with E-state index in [0.717, 1.165) is 67.2 Å². The van der Waals surface area contributed by atoms with E-state index < -0.39 is 0 Å². The third kappa shape index (κ3) is 10.6. The van der Waals surface area contributed by atoms with Gasteiger partial charge in [-0.2, -0.15) is 0 Å². The smallest absolute Gasteiger partial charge is 0.312 e. The number of methoxy groups -OCH3 is 3. The number of hydrogen-bond donors (Lipinski definition) is 1. The van der Waals surface area contributed by atoms with E-state index in [1.165, 1.54) is 0 Å². The molecule has 1 N–H and O–H groups in total. The van der Waals surface area contributed by atoms with Gasteiger partial charge in [0.15, 0.2) is 11.5 Å². The molecule has 0 radical (unpaired) electrons. The van der Waals surface area contributed by atoms with Gasteiger partial charge >= 0.3 is 5.97 Å². The van der Waals surface area contributed by atoms with Crippen LogP contribution in [0.2, 0.25) is 0 Å². The van der Waals surface area contributed by atoms with E-state index in [2.05, 4.69) is 12.2 Å². The fourth-order valence-electron chi connectivity index (χ4n) is 4.73. The molecule has 1 aliphatic rings. The van der Waals surface area contributed by atoms with Crippen molar-refractivity contribution in [2.24, 2.45) is 5.92 Å². The number of rotatable bonds is 12. The fourth-order valence-corrected chi connectivity index (χ4v) is 4.73. The van der Waals surface area contributed by atoms with Crippen molar-refractivity contribution < 1.29 is 28.5 Å². The van der Waals surface area contributed by atoms with Gasteiger partial charge < -0.3 is 24.3 Å². The van der Waals surface area contributed by atoms with Crippen LogP contribution in [0.1, 0.15) is 98.6 Å². The van der Waals surface area contributed by atoms with E-state index in [1.54, 1.807) is 27.4 Å². The summed E-state index contributed by atoms with van der Waals surface area (Å²) in [5.74, 6) is 1.92. The highest BCUT2D eigenvalue weighted by Gasteiger charge is 2.25. The molecule has 7 heteroatoms. The van der Waals surface area contributed by atoms with Gasteiger partial charge in [0, 0.05) is 18.0 Å². The molecule has 0 saturated carbocycles. The van der Waals surface area contributed by atoms with E-state index >= 15 is 0 Å². The first kappa shape index (κ1) is 37.8. The van der Waals surface area contributed by atoms with E-state index in [4.69, 9.17) is 18.9 Å². The second-order valence-electron chi connectivity index (χ2n) is 9.26. The maximum absolute atomic E-state index is 12.4. The standard InChI is InChI=1S/C29H39NO6.2C2H6.CH4/c1-6-7-8-10-19(2)29(32)30-16-15-25(31)36-22-13-14-23-20(17-22)11-9-12-21-18-24(33-3)27(34-4)28(35-5)26(21)23;2*1-2;/h13-14,17-19H,6-12,15-16H2,1-5H3,(H,30,32);2*1-2H3;1H4/t19-;;;/m1.../s1. The highest BCUT2D eigenvalue weighted by Crippen LogP contribution is 2.49. The lowest BCUT2D eigenvalue weighted by Crippen LogP contribution is -2.31. The van der Waals surface area contributed by atoms with Crippen molar-refractivity contribution in [3.05, 3.63) is 35.4 Å². The van der Waals surface area contributed by atoms with Gasteiger partial charge in [-0.1, -0.05) is 74.3 Å². The summed E-state index contributed by atoms with van der Waals surface area (Å²) in [5, 5.41) is 2.85. The normalized spacial score (nSPS) is 11.7. The Hall–Kier alpha value is -3.22. The van der Waals surface area contributed by atoms with Gasteiger partial charge in [-0.3, -0.25) is 9.59 Å². The van der Waals surface area contributed by atoms with E-state index in [1.807, 2.05) is 52.8 Å². The summed E-state index contributed by atoms with van der Waals surface area (Å²) < 4.78 is 22.5. The van der Waals surface area contributed by atoms with Crippen LogP contribution in [0.15, 0.2) is 24.3 Å². The van der Waals surface area contributed by atoms with Crippen LogP contribution >= 0.6 is 0 Å². The number of carbonyl (C=O) groups excluding carboxylic acids is 2. The van der Waals surface area contributed by atoms with Crippen molar-refractivity contribution in [2.45, 2.75) is 100 Å². The van der Waals surface area contributed by atoms with Crippen molar-refractivity contribution in [3.63, 3.8) is 0 Å². The van der Waals surface area contributed by atoms with Crippen LogP contribution in [0.25, 0.3) is 11.1 Å². The van der Waals surface area contributed by atoms with Gasteiger partial charge in [-0.15, -0.1) is 0 Å². The first-order valence-corrected chi connectivity index (χ1v) is 14.9. The Balaban J connectivity index is 0.00000306. The number of amides is 1. The van der Waals surface area contributed by atoms with Crippen molar-refractivity contribution in [1.82, 2.24) is 5.32 Å². The number of aryl methyl sites for hydroxylation is 2. The predicted molar refractivity (Wildman–Crippen MR) is 170 cm³/mol. The molecule has 0 spiro atoms. The average Bonchev–Trinajstić information content (AvgIpc) is 3.16.